The molecule has 0 spiro atoms. The Hall–Kier alpha value is -3.50. The molecule has 0 saturated carbocycles. The standard InChI is InChI=1S/C20H21F6N5O3/c1-18(2,3)33-17(32)28-7-6-16-29-15(30-34-16)10-31(11-19(21,22)23)13-5-4-12(9-27)14(8-13)20(24,25)26/h4-5,8H,6-7,10-11H2,1-3H3,(H,28,32). The van der Waals surface area contributed by atoms with Gasteiger partial charge < -0.3 is 19.5 Å². The predicted molar refractivity (Wildman–Crippen MR) is 106 cm³/mol. The molecule has 2 rings (SSSR count). The number of hydrogen-bond donors (Lipinski definition) is 1. The number of alkyl carbamates (subject to hydrolysis) is 1. The largest absolute Gasteiger partial charge is 0.444 e. The topological polar surface area (TPSA) is 104 Å². The van der Waals surface area contributed by atoms with Crippen molar-refractivity contribution >= 4 is 11.8 Å². The molecule has 0 atom stereocenters. The number of nitriles is 1. The Morgan fingerprint density at radius 3 is 2.44 bits per heavy atom. The lowest BCUT2D eigenvalue weighted by Crippen LogP contribution is -2.34. The van der Waals surface area contributed by atoms with E-state index in [1.165, 1.54) is 6.07 Å². The Morgan fingerprint density at radius 2 is 1.88 bits per heavy atom. The molecule has 14 heteroatoms. The van der Waals surface area contributed by atoms with Gasteiger partial charge in [0.1, 0.15) is 12.1 Å². The van der Waals surface area contributed by atoms with Crippen LogP contribution in [-0.2, 0) is 23.9 Å². The first-order valence-corrected chi connectivity index (χ1v) is 9.79. The highest BCUT2D eigenvalue weighted by atomic mass is 19.4. The molecule has 0 aliphatic rings. The van der Waals surface area contributed by atoms with Gasteiger partial charge in [-0.2, -0.15) is 36.6 Å². The van der Waals surface area contributed by atoms with Crippen LogP contribution < -0.4 is 10.2 Å². The molecule has 186 valence electrons. The molecule has 2 aromatic rings. The van der Waals surface area contributed by atoms with Crippen LogP contribution in [0.5, 0.6) is 0 Å². The number of amides is 1. The first kappa shape index (κ1) is 26.7. The molecule has 0 aliphatic carbocycles. The molecule has 1 aromatic carbocycles. The zero-order chi connectivity index (χ0) is 25.7. The number of nitrogens with zero attached hydrogens (tertiary/aromatic N) is 4. The van der Waals surface area contributed by atoms with Gasteiger partial charge in [-0.05, 0) is 39.0 Å². The zero-order valence-corrected chi connectivity index (χ0v) is 18.3. The van der Waals surface area contributed by atoms with Gasteiger partial charge in [0, 0.05) is 18.7 Å². The van der Waals surface area contributed by atoms with Crippen molar-refractivity contribution in [3.63, 3.8) is 0 Å². The van der Waals surface area contributed by atoms with Crippen molar-refractivity contribution in [3.8, 4) is 6.07 Å². The van der Waals surface area contributed by atoms with Crippen molar-refractivity contribution in [2.45, 2.75) is 51.7 Å². The predicted octanol–water partition coefficient (Wildman–Crippen LogP) is 4.60. The summed E-state index contributed by atoms with van der Waals surface area (Å²) in [6.45, 7) is 2.85. The van der Waals surface area contributed by atoms with Gasteiger partial charge in [-0.1, -0.05) is 5.16 Å². The Bertz CT molecular complexity index is 1040. The van der Waals surface area contributed by atoms with Gasteiger partial charge in [0.25, 0.3) is 0 Å². The number of aromatic nitrogens is 2. The third kappa shape index (κ3) is 8.45. The van der Waals surface area contributed by atoms with Gasteiger partial charge in [0.05, 0.1) is 23.7 Å². The fourth-order valence-electron chi connectivity index (χ4n) is 2.73. The minimum Gasteiger partial charge on any atom is -0.444 e. The lowest BCUT2D eigenvalue weighted by atomic mass is 10.1. The highest BCUT2D eigenvalue weighted by molar-refractivity contribution is 5.67. The molecular weight excluding hydrogens is 472 g/mol. The van der Waals surface area contributed by atoms with Crippen LogP contribution in [0, 0.1) is 11.3 Å². The van der Waals surface area contributed by atoms with Crippen molar-refractivity contribution in [2.75, 3.05) is 18.0 Å². The minimum absolute atomic E-state index is 0.00572. The summed E-state index contributed by atoms with van der Waals surface area (Å²) < 4.78 is 89.0. The molecule has 1 heterocycles. The summed E-state index contributed by atoms with van der Waals surface area (Å²) in [5, 5.41) is 14.9. The number of halogens is 6. The Kier molecular flexibility index (Phi) is 8.01. The van der Waals surface area contributed by atoms with Crippen LogP contribution in [-0.4, -0.2) is 41.1 Å². The van der Waals surface area contributed by atoms with Crippen LogP contribution in [0.2, 0.25) is 0 Å². The maximum Gasteiger partial charge on any atom is 0.417 e. The zero-order valence-electron chi connectivity index (χ0n) is 18.3. The molecule has 0 saturated heterocycles. The summed E-state index contributed by atoms with van der Waals surface area (Å²) >= 11 is 0. The maximum absolute atomic E-state index is 13.2. The minimum atomic E-state index is -4.94. The Morgan fingerprint density at radius 1 is 1.21 bits per heavy atom. The Balaban J connectivity index is 2.16. The van der Waals surface area contributed by atoms with Crippen molar-refractivity contribution in [1.82, 2.24) is 15.5 Å². The highest BCUT2D eigenvalue weighted by Gasteiger charge is 2.36. The van der Waals surface area contributed by atoms with Gasteiger partial charge in [-0.15, -0.1) is 0 Å². The Labute approximate surface area is 190 Å². The lowest BCUT2D eigenvalue weighted by molar-refractivity contribution is -0.137. The fourth-order valence-corrected chi connectivity index (χ4v) is 2.73. The summed E-state index contributed by atoms with van der Waals surface area (Å²) in [4.78, 5) is 16.1. The lowest BCUT2D eigenvalue weighted by Gasteiger charge is -2.25. The van der Waals surface area contributed by atoms with Crippen molar-refractivity contribution in [1.29, 1.82) is 5.26 Å². The van der Waals surface area contributed by atoms with E-state index in [2.05, 4.69) is 15.5 Å². The molecule has 0 aliphatic heterocycles. The summed E-state index contributed by atoms with van der Waals surface area (Å²) in [7, 11) is 0. The highest BCUT2D eigenvalue weighted by Crippen LogP contribution is 2.35. The number of rotatable bonds is 7. The third-order valence-electron chi connectivity index (χ3n) is 4.01. The smallest absolute Gasteiger partial charge is 0.417 e. The van der Waals surface area contributed by atoms with Gasteiger partial charge >= 0.3 is 18.4 Å². The quantitative estimate of drug-likeness (QED) is 0.563. The maximum atomic E-state index is 13.2. The second-order valence-electron chi connectivity index (χ2n) is 8.09. The number of hydrogen-bond acceptors (Lipinski definition) is 7. The number of carbonyl (C=O) groups excluding carboxylic acids is 1. The first-order chi connectivity index (χ1) is 15.6. The van der Waals surface area contributed by atoms with E-state index in [-0.39, 0.29) is 24.7 Å². The van der Waals surface area contributed by atoms with Gasteiger partial charge in [0.2, 0.25) is 5.89 Å². The van der Waals surface area contributed by atoms with Crippen LogP contribution in [0.15, 0.2) is 22.7 Å². The second kappa shape index (κ2) is 10.2. The van der Waals surface area contributed by atoms with Gasteiger partial charge in [-0.3, -0.25) is 0 Å². The molecule has 0 bridgehead atoms. The van der Waals surface area contributed by atoms with E-state index in [4.69, 9.17) is 14.5 Å². The van der Waals surface area contributed by atoms with Crippen LogP contribution in [0.3, 0.4) is 0 Å². The number of anilines is 1. The normalized spacial score (nSPS) is 12.2. The molecule has 1 amide bonds. The number of carbonyl (C=O) groups is 1. The van der Waals surface area contributed by atoms with E-state index in [0.717, 1.165) is 12.1 Å². The van der Waals surface area contributed by atoms with Crippen LogP contribution in [0.25, 0.3) is 0 Å². The van der Waals surface area contributed by atoms with E-state index >= 15 is 0 Å². The van der Waals surface area contributed by atoms with Crippen molar-refractivity contribution in [3.05, 3.63) is 41.0 Å². The molecule has 0 radical (unpaired) electrons. The van der Waals surface area contributed by atoms with Crippen LogP contribution in [0.1, 0.15) is 43.6 Å². The SMILES string of the molecule is CC(C)(C)OC(=O)NCCc1nc(CN(CC(F)(F)F)c2ccc(C#N)c(C(F)(F)F)c2)no1. The molecule has 1 N–H and O–H groups in total. The molecule has 34 heavy (non-hydrogen) atoms. The monoisotopic (exact) mass is 493 g/mol. The summed E-state index contributed by atoms with van der Waals surface area (Å²) in [5.74, 6) is -0.219. The number of ether oxygens (including phenoxy) is 1. The second-order valence-corrected chi connectivity index (χ2v) is 8.09. The van der Waals surface area contributed by atoms with E-state index in [0.29, 0.717) is 11.0 Å². The van der Waals surface area contributed by atoms with Crippen LogP contribution >= 0.6 is 0 Å². The first-order valence-electron chi connectivity index (χ1n) is 9.79. The van der Waals surface area contributed by atoms with Crippen molar-refractivity contribution in [2.24, 2.45) is 0 Å². The number of benzene rings is 1. The number of nitrogens with one attached hydrogen (secondary N) is 1. The summed E-state index contributed by atoms with van der Waals surface area (Å²) in [6.07, 6.45) is -10.3. The van der Waals surface area contributed by atoms with Crippen molar-refractivity contribution < 1.29 is 40.4 Å². The van der Waals surface area contributed by atoms with E-state index in [1.54, 1.807) is 20.8 Å². The average Bonchev–Trinajstić information content (AvgIpc) is 3.11. The number of alkyl halides is 6. The molecule has 8 nitrogen and oxygen atoms in total. The van der Waals surface area contributed by atoms with Gasteiger partial charge in [0.15, 0.2) is 5.82 Å². The fraction of sp³-hybridized carbons (Fsp3) is 0.500. The third-order valence-corrected chi connectivity index (χ3v) is 4.01. The van der Waals surface area contributed by atoms with E-state index < -0.39 is 54.0 Å². The van der Waals surface area contributed by atoms with E-state index in [9.17, 15) is 31.1 Å². The average molecular weight is 493 g/mol. The summed E-state index contributed by atoms with van der Waals surface area (Å²) in [5.41, 5.74) is -3.22. The van der Waals surface area contributed by atoms with Gasteiger partial charge in [-0.25, -0.2) is 4.79 Å². The molecule has 0 fully saturated rings. The molecule has 0 unspecified atom stereocenters. The molecule has 1 aromatic heterocycles. The van der Waals surface area contributed by atoms with E-state index in [1.807, 2.05) is 0 Å². The molecular formula is C20H21F6N5O3. The van der Waals surface area contributed by atoms with Crippen LogP contribution in [0.4, 0.5) is 36.8 Å². The summed E-state index contributed by atoms with van der Waals surface area (Å²) in [6, 6.07) is 3.61.